The van der Waals surface area contributed by atoms with E-state index in [9.17, 15) is 19.5 Å². The highest BCUT2D eigenvalue weighted by atomic mass is 16.4. The molecule has 0 unspecified atom stereocenters. The molecule has 0 aromatic rings. The van der Waals surface area contributed by atoms with E-state index in [0.29, 0.717) is 0 Å². The molecule has 13 heavy (non-hydrogen) atoms. The lowest BCUT2D eigenvalue weighted by molar-refractivity contribution is -0.355. The predicted molar refractivity (Wildman–Crippen MR) is 38.5 cm³/mol. The van der Waals surface area contributed by atoms with Gasteiger partial charge < -0.3 is 26.7 Å². The van der Waals surface area contributed by atoms with Crippen molar-refractivity contribution < 1.29 is 25.2 Å². The largest absolute Gasteiger partial charge is 0.548 e. The van der Waals surface area contributed by atoms with Gasteiger partial charge in [0.1, 0.15) is 0 Å². The van der Waals surface area contributed by atoms with Crippen LogP contribution < -0.4 is 21.9 Å². The molecule has 0 radical (unpaired) electrons. The summed E-state index contributed by atoms with van der Waals surface area (Å²) in [7, 11) is 0. The standard InChI is InChI=1S/C6H11N3O4/c7-2-5(11)9-3(6(12)13)1-4(8)10/h3H,1-2,7H2,(H2,8,10)(H,9,11)(H,12,13)/t3-/m1/s1. The summed E-state index contributed by atoms with van der Waals surface area (Å²) in [5.74, 6) is -2.94. The number of nitrogens with one attached hydrogen (secondary N) is 1. The molecule has 0 spiro atoms. The lowest BCUT2D eigenvalue weighted by Gasteiger charge is -2.16. The quantitative estimate of drug-likeness (QED) is 0.399. The number of primary amides is 1. The summed E-state index contributed by atoms with van der Waals surface area (Å²) in [5, 5.41) is 12.4. The third-order valence-corrected chi connectivity index (χ3v) is 1.25. The van der Waals surface area contributed by atoms with Gasteiger partial charge in [-0.1, -0.05) is 0 Å². The Kier molecular flexibility index (Phi) is 4.45. The monoisotopic (exact) mass is 189 g/mol. The van der Waals surface area contributed by atoms with Crippen LogP contribution in [0.2, 0.25) is 0 Å². The second kappa shape index (κ2) is 5.09. The topological polar surface area (TPSA) is 140 Å². The van der Waals surface area contributed by atoms with E-state index in [4.69, 9.17) is 5.73 Å². The van der Waals surface area contributed by atoms with Crippen molar-refractivity contribution in [1.29, 1.82) is 0 Å². The molecule has 0 fully saturated rings. The number of carboxylic acid groups (broad SMARTS) is 1. The minimum absolute atomic E-state index is 0.109. The van der Waals surface area contributed by atoms with E-state index in [1.54, 1.807) is 0 Å². The first-order valence-corrected chi connectivity index (χ1v) is 3.55. The van der Waals surface area contributed by atoms with E-state index in [1.807, 2.05) is 5.32 Å². The van der Waals surface area contributed by atoms with Crippen LogP contribution in [0.5, 0.6) is 0 Å². The third kappa shape index (κ3) is 4.75. The SMILES string of the molecule is NC(=O)C[C@@H](NC(=O)C[NH3+])C(=O)[O-]. The second-order valence-electron chi connectivity index (χ2n) is 2.36. The number of carboxylic acids is 1. The van der Waals surface area contributed by atoms with Gasteiger partial charge in [-0.25, -0.2) is 0 Å². The number of quaternary nitrogens is 1. The lowest BCUT2D eigenvalue weighted by atomic mass is 10.2. The van der Waals surface area contributed by atoms with Crippen LogP contribution in [0.4, 0.5) is 0 Å². The van der Waals surface area contributed by atoms with Gasteiger partial charge in [0.05, 0.1) is 18.4 Å². The van der Waals surface area contributed by atoms with Gasteiger partial charge in [0, 0.05) is 0 Å². The Bertz CT molecular complexity index is 228. The van der Waals surface area contributed by atoms with Crippen LogP contribution >= 0.6 is 0 Å². The summed E-state index contributed by atoms with van der Waals surface area (Å²) >= 11 is 0. The zero-order valence-corrected chi connectivity index (χ0v) is 6.91. The van der Waals surface area contributed by atoms with Crippen molar-refractivity contribution in [1.82, 2.24) is 5.32 Å². The maximum Gasteiger partial charge on any atom is 0.275 e. The molecule has 0 aliphatic rings. The molecular formula is C6H11N3O4. The maximum absolute atomic E-state index is 10.7. The normalized spacial score (nSPS) is 11.8. The average molecular weight is 189 g/mol. The zero-order chi connectivity index (χ0) is 10.4. The van der Waals surface area contributed by atoms with Gasteiger partial charge in [0.15, 0.2) is 6.54 Å². The molecule has 7 nitrogen and oxygen atoms in total. The summed E-state index contributed by atoms with van der Waals surface area (Å²) < 4.78 is 0. The fourth-order valence-electron chi connectivity index (χ4n) is 0.661. The molecule has 6 N–H and O–H groups in total. The van der Waals surface area contributed by atoms with Gasteiger partial charge in [-0.3, -0.25) is 9.59 Å². The van der Waals surface area contributed by atoms with Crippen LogP contribution in [-0.4, -0.2) is 30.4 Å². The van der Waals surface area contributed by atoms with Crippen molar-refractivity contribution >= 4 is 17.8 Å². The van der Waals surface area contributed by atoms with Crippen molar-refractivity contribution in [2.75, 3.05) is 6.54 Å². The Morgan fingerprint density at radius 3 is 2.31 bits per heavy atom. The number of rotatable bonds is 5. The number of hydrogen-bond acceptors (Lipinski definition) is 4. The number of carbonyl (C=O) groups excluding carboxylic acids is 3. The fraction of sp³-hybridized carbons (Fsp3) is 0.500. The second-order valence-corrected chi connectivity index (χ2v) is 2.36. The van der Waals surface area contributed by atoms with Crippen LogP contribution in [-0.2, 0) is 14.4 Å². The average Bonchev–Trinajstić information content (AvgIpc) is 2.02. The van der Waals surface area contributed by atoms with E-state index < -0.39 is 30.2 Å². The minimum Gasteiger partial charge on any atom is -0.548 e. The maximum atomic E-state index is 10.7. The third-order valence-electron chi connectivity index (χ3n) is 1.25. The summed E-state index contributed by atoms with van der Waals surface area (Å²) in [5.41, 5.74) is 7.99. The summed E-state index contributed by atoms with van der Waals surface area (Å²) in [4.78, 5) is 31.4. The van der Waals surface area contributed by atoms with Crippen molar-refractivity contribution in [3.05, 3.63) is 0 Å². The summed E-state index contributed by atoms with van der Waals surface area (Å²) in [6.45, 7) is -0.109. The molecule has 74 valence electrons. The molecule has 0 heterocycles. The van der Waals surface area contributed by atoms with Crippen molar-refractivity contribution in [2.24, 2.45) is 5.73 Å². The Morgan fingerprint density at radius 2 is 2.00 bits per heavy atom. The van der Waals surface area contributed by atoms with Crippen LogP contribution in [0.1, 0.15) is 6.42 Å². The molecule has 0 aromatic heterocycles. The van der Waals surface area contributed by atoms with Gasteiger partial charge in [0.2, 0.25) is 5.91 Å². The van der Waals surface area contributed by atoms with Crippen molar-refractivity contribution in [2.45, 2.75) is 12.5 Å². The first kappa shape index (κ1) is 11.4. The summed E-state index contributed by atoms with van der Waals surface area (Å²) in [6, 6.07) is -1.37. The highest BCUT2D eigenvalue weighted by Crippen LogP contribution is 1.88. The Hall–Kier alpha value is -1.63. The van der Waals surface area contributed by atoms with Crippen molar-refractivity contribution in [3.8, 4) is 0 Å². The van der Waals surface area contributed by atoms with Crippen LogP contribution in [0.3, 0.4) is 0 Å². The van der Waals surface area contributed by atoms with Gasteiger partial charge in [0.25, 0.3) is 5.91 Å². The number of carbonyl (C=O) groups is 3. The van der Waals surface area contributed by atoms with Gasteiger partial charge in [-0.2, -0.15) is 0 Å². The number of aliphatic carboxylic acids is 1. The molecule has 0 bridgehead atoms. The van der Waals surface area contributed by atoms with E-state index >= 15 is 0 Å². The fourth-order valence-corrected chi connectivity index (χ4v) is 0.661. The molecule has 0 rings (SSSR count). The van der Waals surface area contributed by atoms with Gasteiger partial charge >= 0.3 is 0 Å². The molecule has 0 saturated carbocycles. The van der Waals surface area contributed by atoms with Crippen LogP contribution in [0.15, 0.2) is 0 Å². The summed E-state index contributed by atoms with van der Waals surface area (Å²) in [6.07, 6.45) is -0.478. The molecule has 7 heteroatoms. The van der Waals surface area contributed by atoms with Crippen LogP contribution in [0, 0.1) is 0 Å². The first-order valence-electron chi connectivity index (χ1n) is 3.55. The Labute approximate surface area is 74.1 Å². The van der Waals surface area contributed by atoms with E-state index in [2.05, 4.69) is 5.73 Å². The molecule has 0 saturated heterocycles. The lowest BCUT2D eigenvalue weighted by Crippen LogP contribution is -2.60. The smallest absolute Gasteiger partial charge is 0.275 e. The number of hydrogen-bond donors (Lipinski definition) is 3. The zero-order valence-electron chi connectivity index (χ0n) is 6.91. The van der Waals surface area contributed by atoms with Gasteiger partial charge in [-0.15, -0.1) is 0 Å². The van der Waals surface area contributed by atoms with E-state index in [-0.39, 0.29) is 6.54 Å². The highest BCUT2D eigenvalue weighted by molar-refractivity contribution is 5.87. The molecule has 2 amide bonds. The molecule has 0 aliphatic heterocycles. The highest BCUT2D eigenvalue weighted by Gasteiger charge is 2.15. The van der Waals surface area contributed by atoms with Crippen LogP contribution in [0.25, 0.3) is 0 Å². The predicted octanol–water partition coefficient (Wildman–Crippen LogP) is -4.66. The number of amides is 2. The molecule has 0 aliphatic carbocycles. The Morgan fingerprint density at radius 1 is 1.46 bits per heavy atom. The van der Waals surface area contributed by atoms with E-state index in [0.717, 1.165) is 0 Å². The van der Waals surface area contributed by atoms with Crippen molar-refractivity contribution in [3.63, 3.8) is 0 Å². The molecule has 0 aromatic carbocycles. The molecular weight excluding hydrogens is 178 g/mol. The molecule has 1 atom stereocenters. The number of nitrogens with two attached hydrogens (primary N) is 1. The minimum atomic E-state index is -1.54. The first-order chi connectivity index (χ1) is 5.97. The van der Waals surface area contributed by atoms with E-state index in [1.165, 1.54) is 0 Å². The Balaban J connectivity index is 4.18. The van der Waals surface area contributed by atoms with Gasteiger partial charge in [-0.05, 0) is 0 Å².